The van der Waals surface area contributed by atoms with Crippen molar-refractivity contribution in [2.45, 2.75) is 59.5 Å². The molecule has 19 heavy (non-hydrogen) atoms. The molecule has 3 atom stereocenters. The molecule has 0 aromatic carbocycles. The number of hydrogen-bond acceptors (Lipinski definition) is 2. The average molecular weight is 260 g/mol. The number of hydrogen-bond donors (Lipinski definition) is 1. The highest BCUT2D eigenvalue weighted by molar-refractivity contribution is 5.21. The second kappa shape index (κ2) is 6.51. The summed E-state index contributed by atoms with van der Waals surface area (Å²) in [5.74, 6) is 2.47. The molecule has 1 saturated carbocycles. The Kier molecular flexibility index (Phi) is 4.98. The minimum absolute atomic E-state index is 0.670. The SMILES string of the molecule is Cc1ccncc1CNC1CC(C)CCC1C(C)C. The van der Waals surface area contributed by atoms with Crippen LogP contribution in [0.3, 0.4) is 0 Å². The monoisotopic (exact) mass is 260 g/mol. The number of aromatic nitrogens is 1. The average Bonchev–Trinajstić information content (AvgIpc) is 2.37. The molecule has 1 fully saturated rings. The first-order valence-corrected chi connectivity index (χ1v) is 7.70. The van der Waals surface area contributed by atoms with Gasteiger partial charge >= 0.3 is 0 Å². The zero-order valence-electron chi connectivity index (χ0n) is 12.8. The van der Waals surface area contributed by atoms with Crippen LogP contribution in [0.15, 0.2) is 18.5 Å². The molecule has 1 N–H and O–H groups in total. The van der Waals surface area contributed by atoms with Crippen molar-refractivity contribution >= 4 is 0 Å². The van der Waals surface area contributed by atoms with E-state index in [2.05, 4.69) is 44.1 Å². The maximum Gasteiger partial charge on any atom is 0.0315 e. The predicted molar refractivity (Wildman–Crippen MR) is 80.9 cm³/mol. The number of aryl methyl sites for hydroxylation is 1. The van der Waals surface area contributed by atoms with Gasteiger partial charge in [-0.25, -0.2) is 0 Å². The molecule has 3 unspecified atom stereocenters. The van der Waals surface area contributed by atoms with Crippen LogP contribution in [-0.4, -0.2) is 11.0 Å². The number of pyridine rings is 1. The van der Waals surface area contributed by atoms with Crippen LogP contribution >= 0.6 is 0 Å². The molecule has 1 aliphatic carbocycles. The molecule has 0 aliphatic heterocycles. The summed E-state index contributed by atoms with van der Waals surface area (Å²) in [7, 11) is 0. The van der Waals surface area contributed by atoms with Crippen LogP contribution in [0.4, 0.5) is 0 Å². The largest absolute Gasteiger partial charge is 0.310 e. The van der Waals surface area contributed by atoms with Crippen LogP contribution < -0.4 is 5.32 Å². The molecule has 1 heterocycles. The quantitative estimate of drug-likeness (QED) is 0.887. The first-order chi connectivity index (χ1) is 9.08. The summed E-state index contributed by atoms with van der Waals surface area (Å²) in [5.41, 5.74) is 2.68. The molecule has 0 amide bonds. The Labute approximate surface area is 118 Å². The molecule has 1 aromatic heterocycles. The number of rotatable bonds is 4. The second-order valence-electron chi connectivity index (χ2n) is 6.62. The van der Waals surface area contributed by atoms with Gasteiger partial charge in [0, 0.05) is 25.0 Å². The van der Waals surface area contributed by atoms with E-state index in [9.17, 15) is 0 Å². The molecule has 1 aliphatic rings. The van der Waals surface area contributed by atoms with E-state index in [1.54, 1.807) is 0 Å². The number of nitrogens with one attached hydrogen (secondary N) is 1. The summed E-state index contributed by atoms with van der Waals surface area (Å²) in [4.78, 5) is 4.24. The van der Waals surface area contributed by atoms with Crippen molar-refractivity contribution in [3.8, 4) is 0 Å². The van der Waals surface area contributed by atoms with Crippen molar-refractivity contribution in [1.82, 2.24) is 10.3 Å². The maximum atomic E-state index is 4.24. The first-order valence-electron chi connectivity index (χ1n) is 7.70. The lowest BCUT2D eigenvalue weighted by Gasteiger charge is -2.38. The summed E-state index contributed by atoms with van der Waals surface area (Å²) in [6, 6.07) is 2.77. The Morgan fingerprint density at radius 1 is 1.37 bits per heavy atom. The Hall–Kier alpha value is -0.890. The van der Waals surface area contributed by atoms with Gasteiger partial charge < -0.3 is 5.32 Å². The van der Waals surface area contributed by atoms with Gasteiger partial charge in [0.15, 0.2) is 0 Å². The summed E-state index contributed by atoms with van der Waals surface area (Å²) in [6.07, 6.45) is 7.97. The van der Waals surface area contributed by atoms with Gasteiger partial charge in [-0.3, -0.25) is 4.98 Å². The van der Waals surface area contributed by atoms with Gasteiger partial charge in [0.2, 0.25) is 0 Å². The van der Waals surface area contributed by atoms with E-state index < -0.39 is 0 Å². The van der Waals surface area contributed by atoms with E-state index >= 15 is 0 Å². The standard InChI is InChI=1S/C17H28N2/c1-12(2)16-6-5-13(3)9-17(16)19-11-15-10-18-8-7-14(15)4/h7-8,10,12-13,16-17,19H,5-6,9,11H2,1-4H3. The van der Waals surface area contributed by atoms with Crippen LogP contribution in [0.25, 0.3) is 0 Å². The van der Waals surface area contributed by atoms with E-state index in [1.807, 2.05) is 12.4 Å². The molecular formula is C17H28N2. The zero-order chi connectivity index (χ0) is 13.8. The van der Waals surface area contributed by atoms with Crippen molar-refractivity contribution in [3.05, 3.63) is 29.6 Å². The van der Waals surface area contributed by atoms with Gasteiger partial charge in [-0.1, -0.05) is 27.2 Å². The normalized spacial score (nSPS) is 27.7. The molecule has 0 radical (unpaired) electrons. The van der Waals surface area contributed by atoms with Crippen molar-refractivity contribution in [2.75, 3.05) is 0 Å². The Morgan fingerprint density at radius 2 is 2.16 bits per heavy atom. The molecule has 106 valence electrons. The first kappa shape index (κ1) is 14.5. The highest BCUT2D eigenvalue weighted by Crippen LogP contribution is 2.33. The summed E-state index contributed by atoms with van der Waals surface area (Å²) in [5, 5.41) is 3.80. The predicted octanol–water partition coefficient (Wildman–Crippen LogP) is 3.94. The van der Waals surface area contributed by atoms with Gasteiger partial charge in [0.05, 0.1) is 0 Å². The maximum absolute atomic E-state index is 4.24. The lowest BCUT2D eigenvalue weighted by molar-refractivity contribution is 0.169. The van der Waals surface area contributed by atoms with Crippen molar-refractivity contribution in [1.29, 1.82) is 0 Å². The van der Waals surface area contributed by atoms with E-state index in [0.717, 1.165) is 24.3 Å². The van der Waals surface area contributed by atoms with Crippen molar-refractivity contribution in [3.63, 3.8) is 0 Å². The van der Waals surface area contributed by atoms with Crippen LogP contribution in [0.2, 0.25) is 0 Å². The third-order valence-corrected chi connectivity index (χ3v) is 4.72. The van der Waals surface area contributed by atoms with Gasteiger partial charge in [-0.15, -0.1) is 0 Å². The lowest BCUT2D eigenvalue weighted by Crippen LogP contribution is -2.42. The highest BCUT2D eigenvalue weighted by atomic mass is 14.9. The summed E-state index contributed by atoms with van der Waals surface area (Å²) in [6.45, 7) is 10.2. The van der Waals surface area contributed by atoms with Gasteiger partial charge in [0.25, 0.3) is 0 Å². The molecule has 2 rings (SSSR count). The van der Waals surface area contributed by atoms with Gasteiger partial charge in [-0.2, -0.15) is 0 Å². The Morgan fingerprint density at radius 3 is 2.84 bits per heavy atom. The fourth-order valence-electron chi connectivity index (χ4n) is 3.36. The number of nitrogens with zero attached hydrogens (tertiary/aromatic N) is 1. The molecule has 1 aromatic rings. The minimum atomic E-state index is 0.670. The zero-order valence-corrected chi connectivity index (χ0v) is 12.8. The van der Waals surface area contributed by atoms with Crippen LogP contribution in [0, 0.1) is 24.7 Å². The van der Waals surface area contributed by atoms with Crippen LogP contribution in [-0.2, 0) is 6.54 Å². The van der Waals surface area contributed by atoms with Crippen molar-refractivity contribution < 1.29 is 0 Å². The Balaban J connectivity index is 1.97. The van der Waals surface area contributed by atoms with E-state index in [4.69, 9.17) is 0 Å². The molecule has 2 heteroatoms. The Bertz CT molecular complexity index is 400. The molecular weight excluding hydrogens is 232 g/mol. The third-order valence-electron chi connectivity index (χ3n) is 4.72. The topological polar surface area (TPSA) is 24.9 Å². The van der Waals surface area contributed by atoms with Gasteiger partial charge in [0.1, 0.15) is 0 Å². The van der Waals surface area contributed by atoms with Crippen LogP contribution in [0.5, 0.6) is 0 Å². The summed E-state index contributed by atoms with van der Waals surface area (Å²) >= 11 is 0. The molecule has 0 saturated heterocycles. The van der Waals surface area contributed by atoms with E-state index in [1.165, 1.54) is 30.4 Å². The lowest BCUT2D eigenvalue weighted by atomic mass is 9.74. The summed E-state index contributed by atoms with van der Waals surface area (Å²) < 4.78 is 0. The smallest absolute Gasteiger partial charge is 0.0315 e. The molecule has 0 bridgehead atoms. The van der Waals surface area contributed by atoms with E-state index in [0.29, 0.717) is 6.04 Å². The van der Waals surface area contributed by atoms with Gasteiger partial charge in [-0.05, 0) is 54.7 Å². The third kappa shape index (κ3) is 3.79. The minimum Gasteiger partial charge on any atom is -0.310 e. The van der Waals surface area contributed by atoms with E-state index in [-0.39, 0.29) is 0 Å². The molecule has 0 spiro atoms. The second-order valence-corrected chi connectivity index (χ2v) is 6.62. The van der Waals surface area contributed by atoms with Crippen LogP contribution in [0.1, 0.15) is 51.2 Å². The fourth-order valence-corrected chi connectivity index (χ4v) is 3.36. The highest BCUT2D eigenvalue weighted by Gasteiger charge is 2.30. The fraction of sp³-hybridized carbons (Fsp3) is 0.706. The van der Waals surface area contributed by atoms with Crippen molar-refractivity contribution in [2.24, 2.45) is 17.8 Å². The molecule has 2 nitrogen and oxygen atoms in total.